The van der Waals surface area contributed by atoms with Crippen molar-refractivity contribution in [2.24, 2.45) is 0 Å². The van der Waals surface area contributed by atoms with E-state index in [9.17, 15) is 13.2 Å². The summed E-state index contributed by atoms with van der Waals surface area (Å²) in [6.45, 7) is 0. The van der Waals surface area contributed by atoms with Gasteiger partial charge in [-0.15, -0.1) is 10.2 Å². The molecule has 0 atom stereocenters. The lowest BCUT2D eigenvalue weighted by Crippen LogP contribution is -2.07. The van der Waals surface area contributed by atoms with Crippen molar-refractivity contribution in [1.29, 1.82) is 0 Å². The monoisotopic (exact) mass is 281 g/mol. The summed E-state index contributed by atoms with van der Waals surface area (Å²) in [6, 6.07) is 3.43. The van der Waals surface area contributed by atoms with Gasteiger partial charge in [-0.1, -0.05) is 11.6 Å². The van der Waals surface area contributed by atoms with Crippen LogP contribution in [0, 0.1) is 0 Å². The molecule has 0 aliphatic rings. The number of halogens is 5. The summed E-state index contributed by atoms with van der Waals surface area (Å²) in [5, 5.41) is 6.55. The molecule has 0 unspecified atom stereocenters. The highest BCUT2D eigenvalue weighted by Crippen LogP contribution is 2.36. The zero-order valence-electron chi connectivity index (χ0n) is 8.04. The lowest BCUT2D eigenvalue weighted by Gasteiger charge is -2.11. The first-order valence-corrected chi connectivity index (χ1v) is 5.08. The molecular weight excluding hydrogens is 278 g/mol. The van der Waals surface area contributed by atoms with Gasteiger partial charge < -0.3 is 0 Å². The van der Waals surface area contributed by atoms with Crippen molar-refractivity contribution in [3.63, 3.8) is 0 Å². The molecule has 0 saturated heterocycles. The van der Waals surface area contributed by atoms with Gasteiger partial charge in [0, 0.05) is 0 Å². The first kappa shape index (κ1) is 12.2. The van der Waals surface area contributed by atoms with Gasteiger partial charge in [-0.05, 0) is 29.8 Å². The molecule has 0 amide bonds. The van der Waals surface area contributed by atoms with Gasteiger partial charge in [-0.25, -0.2) is 0 Å². The van der Waals surface area contributed by atoms with Crippen molar-refractivity contribution in [1.82, 2.24) is 14.8 Å². The number of rotatable bonds is 1. The van der Waals surface area contributed by atoms with Crippen LogP contribution in [0.2, 0.25) is 10.3 Å². The third-order valence-electron chi connectivity index (χ3n) is 2.04. The number of hydrogen-bond donors (Lipinski definition) is 0. The Morgan fingerprint density at radius 1 is 1.18 bits per heavy atom. The molecule has 1 aromatic carbocycles. The summed E-state index contributed by atoms with van der Waals surface area (Å²) in [7, 11) is 0. The van der Waals surface area contributed by atoms with E-state index in [1.165, 1.54) is 17.0 Å². The highest BCUT2D eigenvalue weighted by atomic mass is 35.5. The Kier molecular flexibility index (Phi) is 3.01. The maximum Gasteiger partial charge on any atom is 0.417 e. The number of nitrogens with zero attached hydrogens (tertiary/aromatic N) is 3. The molecule has 0 fully saturated rings. The molecule has 2 rings (SSSR count). The Bertz CT molecular complexity index is 551. The average molecular weight is 282 g/mol. The van der Waals surface area contributed by atoms with Crippen LogP contribution < -0.4 is 0 Å². The lowest BCUT2D eigenvalue weighted by atomic mass is 10.2. The van der Waals surface area contributed by atoms with Gasteiger partial charge in [0.1, 0.15) is 6.33 Å². The van der Waals surface area contributed by atoms with E-state index in [1.807, 2.05) is 0 Å². The fraction of sp³-hybridized carbons (Fsp3) is 0.111. The van der Waals surface area contributed by atoms with Crippen LogP contribution in [0.5, 0.6) is 0 Å². The SMILES string of the molecule is FC(F)(F)c1cc(-n2cnnc2Cl)ccc1Cl. The Labute approximate surface area is 104 Å². The molecule has 0 aliphatic carbocycles. The summed E-state index contributed by atoms with van der Waals surface area (Å²) in [6.07, 6.45) is -3.31. The molecule has 0 spiro atoms. The van der Waals surface area contributed by atoms with Crippen LogP contribution in [-0.2, 0) is 6.18 Å². The van der Waals surface area contributed by atoms with Crippen LogP contribution in [-0.4, -0.2) is 14.8 Å². The molecule has 8 heteroatoms. The molecule has 0 aliphatic heterocycles. The van der Waals surface area contributed by atoms with E-state index in [2.05, 4.69) is 10.2 Å². The predicted molar refractivity (Wildman–Crippen MR) is 56.4 cm³/mol. The molecule has 0 bridgehead atoms. The summed E-state index contributed by atoms with van der Waals surface area (Å²) in [5.74, 6) is 0. The standard InChI is InChI=1S/C9H4Cl2F3N3/c10-7-2-1-5(3-6(7)9(12,13)14)17-4-15-16-8(17)11/h1-4H. The van der Waals surface area contributed by atoms with E-state index in [0.717, 1.165) is 12.1 Å². The number of alkyl halides is 3. The van der Waals surface area contributed by atoms with Crippen LogP contribution in [0.25, 0.3) is 5.69 Å². The minimum absolute atomic E-state index is 0.0274. The molecule has 2 aromatic rings. The van der Waals surface area contributed by atoms with Crippen molar-refractivity contribution in [3.05, 3.63) is 40.4 Å². The van der Waals surface area contributed by atoms with Gasteiger partial charge in [0.2, 0.25) is 5.28 Å². The Balaban J connectivity index is 2.56. The summed E-state index contributed by atoms with van der Waals surface area (Å²) < 4.78 is 39.1. The lowest BCUT2D eigenvalue weighted by molar-refractivity contribution is -0.137. The molecule has 90 valence electrons. The maximum atomic E-state index is 12.6. The van der Waals surface area contributed by atoms with E-state index < -0.39 is 11.7 Å². The number of benzene rings is 1. The van der Waals surface area contributed by atoms with Crippen LogP contribution in [0.15, 0.2) is 24.5 Å². The second kappa shape index (κ2) is 4.19. The largest absolute Gasteiger partial charge is 0.417 e. The second-order valence-corrected chi connectivity index (χ2v) is 3.88. The minimum atomic E-state index is -4.52. The molecule has 3 nitrogen and oxygen atoms in total. The highest BCUT2D eigenvalue weighted by molar-refractivity contribution is 6.31. The fourth-order valence-corrected chi connectivity index (χ4v) is 1.68. The average Bonchev–Trinajstić information content (AvgIpc) is 2.63. The molecule has 17 heavy (non-hydrogen) atoms. The third-order valence-corrected chi connectivity index (χ3v) is 2.63. The van der Waals surface area contributed by atoms with Crippen molar-refractivity contribution >= 4 is 23.2 Å². The van der Waals surface area contributed by atoms with E-state index in [4.69, 9.17) is 23.2 Å². The van der Waals surface area contributed by atoms with Crippen LogP contribution in [0.1, 0.15) is 5.56 Å². The first-order chi connectivity index (χ1) is 7.89. The van der Waals surface area contributed by atoms with E-state index in [-0.39, 0.29) is 16.0 Å². The van der Waals surface area contributed by atoms with Gasteiger partial charge in [0.05, 0.1) is 16.3 Å². The minimum Gasteiger partial charge on any atom is -0.272 e. The van der Waals surface area contributed by atoms with Crippen LogP contribution in [0.4, 0.5) is 13.2 Å². The Morgan fingerprint density at radius 2 is 1.88 bits per heavy atom. The molecule has 0 radical (unpaired) electrons. The summed E-state index contributed by atoms with van der Waals surface area (Å²) in [4.78, 5) is 0. The highest BCUT2D eigenvalue weighted by Gasteiger charge is 2.33. The second-order valence-electron chi connectivity index (χ2n) is 3.13. The maximum absolute atomic E-state index is 12.6. The quantitative estimate of drug-likeness (QED) is 0.800. The van der Waals surface area contributed by atoms with Crippen LogP contribution in [0.3, 0.4) is 0 Å². The number of hydrogen-bond acceptors (Lipinski definition) is 2. The fourth-order valence-electron chi connectivity index (χ4n) is 1.27. The van der Waals surface area contributed by atoms with Gasteiger partial charge >= 0.3 is 6.18 Å². The van der Waals surface area contributed by atoms with Crippen molar-refractivity contribution in [2.45, 2.75) is 6.18 Å². The molecule has 0 saturated carbocycles. The normalized spacial score (nSPS) is 11.8. The van der Waals surface area contributed by atoms with Gasteiger partial charge in [-0.2, -0.15) is 13.2 Å². The van der Waals surface area contributed by atoms with Crippen molar-refractivity contribution < 1.29 is 13.2 Å². The van der Waals surface area contributed by atoms with E-state index >= 15 is 0 Å². The van der Waals surface area contributed by atoms with Gasteiger partial charge in [0.15, 0.2) is 0 Å². The summed E-state index contributed by atoms with van der Waals surface area (Å²) >= 11 is 11.1. The first-order valence-electron chi connectivity index (χ1n) is 4.32. The van der Waals surface area contributed by atoms with Gasteiger partial charge in [0.25, 0.3) is 0 Å². The van der Waals surface area contributed by atoms with Crippen LogP contribution >= 0.6 is 23.2 Å². The topological polar surface area (TPSA) is 30.7 Å². The zero-order chi connectivity index (χ0) is 12.6. The molecule has 1 aromatic heterocycles. The molecular formula is C9H4Cl2F3N3. The van der Waals surface area contributed by atoms with E-state index in [0.29, 0.717) is 0 Å². The van der Waals surface area contributed by atoms with E-state index in [1.54, 1.807) is 0 Å². The number of aromatic nitrogens is 3. The third kappa shape index (κ3) is 2.37. The molecule has 1 heterocycles. The van der Waals surface area contributed by atoms with Crippen molar-refractivity contribution in [2.75, 3.05) is 0 Å². The zero-order valence-corrected chi connectivity index (χ0v) is 9.55. The Morgan fingerprint density at radius 3 is 2.41 bits per heavy atom. The summed E-state index contributed by atoms with van der Waals surface area (Å²) in [5.41, 5.74) is -0.738. The predicted octanol–water partition coefficient (Wildman–Crippen LogP) is 3.59. The smallest absolute Gasteiger partial charge is 0.272 e. The van der Waals surface area contributed by atoms with Gasteiger partial charge in [-0.3, -0.25) is 4.57 Å². The van der Waals surface area contributed by atoms with Crippen molar-refractivity contribution in [3.8, 4) is 5.69 Å². The molecule has 0 N–H and O–H groups in total. The Hall–Kier alpha value is -1.27.